The Balaban J connectivity index is 1.97. The summed E-state index contributed by atoms with van der Waals surface area (Å²) in [5.41, 5.74) is -0.509. The molecule has 0 atom stereocenters. The van der Waals surface area contributed by atoms with Crippen LogP contribution in [-0.2, 0) is 13.5 Å². The molecule has 1 N–H and O–H groups in total. The lowest BCUT2D eigenvalue weighted by molar-refractivity contribution is -0.0113. The van der Waals surface area contributed by atoms with E-state index in [4.69, 9.17) is 0 Å². The first kappa shape index (κ1) is 11.6. The van der Waals surface area contributed by atoms with E-state index in [1.807, 2.05) is 17.8 Å². The summed E-state index contributed by atoms with van der Waals surface area (Å²) in [4.78, 5) is 4.30. The Morgan fingerprint density at radius 3 is 2.69 bits per heavy atom. The Labute approximate surface area is 97.5 Å². The Morgan fingerprint density at radius 2 is 2.19 bits per heavy atom. The van der Waals surface area contributed by atoms with Gasteiger partial charge in [0, 0.05) is 25.9 Å². The largest absolute Gasteiger partial charge is 0.389 e. The van der Waals surface area contributed by atoms with Crippen molar-refractivity contribution in [2.45, 2.75) is 51.0 Å². The summed E-state index contributed by atoms with van der Waals surface area (Å²) in [6.07, 6.45) is 9.88. The molecule has 1 heterocycles. The normalized spacial score (nSPS) is 30.6. The monoisotopic (exact) mass is 222 g/mol. The fourth-order valence-electron chi connectivity index (χ4n) is 2.66. The van der Waals surface area contributed by atoms with Crippen LogP contribution in [0.4, 0.5) is 0 Å². The van der Waals surface area contributed by atoms with Gasteiger partial charge in [0.2, 0.25) is 0 Å². The molecule has 3 heteroatoms. The minimum Gasteiger partial charge on any atom is -0.389 e. The molecule has 0 saturated heterocycles. The molecule has 0 amide bonds. The third-order valence-electron chi connectivity index (χ3n) is 4.02. The Morgan fingerprint density at radius 1 is 1.50 bits per heavy atom. The first-order valence-electron chi connectivity index (χ1n) is 6.31. The summed E-state index contributed by atoms with van der Waals surface area (Å²) in [5, 5.41) is 10.5. The molecule has 0 radical (unpaired) electrons. The van der Waals surface area contributed by atoms with Crippen LogP contribution < -0.4 is 0 Å². The molecule has 1 aliphatic carbocycles. The molecule has 0 spiro atoms. The van der Waals surface area contributed by atoms with Gasteiger partial charge in [-0.1, -0.05) is 13.3 Å². The predicted octanol–water partition coefficient (Wildman–Crippen LogP) is 2.29. The first-order chi connectivity index (χ1) is 7.63. The summed E-state index contributed by atoms with van der Waals surface area (Å²) >= 11 is 0. The van der Waals surface area contributed by atoms with E-state index in [0.717, 1.165) is 37.4 Å². The van der Waals surface area contributed by atoms with Crippen LogP contribution >= 0.6 is 0 Å². The van der Waals surface area contributed by atoms with Crippen LogP contribution in [0, 0.1) is 5.92 Å². The zero-order valence-corrected chi connectivity index (χ0v) is 10.3. The Kier molecular flexibility index (Phi) is 3.33. The van der Waals surface area contributed by atoms with Gasteiger partial charge in [-0.3, -0.25) is 0 Å². The summed E-state index contributed by atoms with van der Waals surface area (Å²) in [5.74, 6) is 1.82. The summed E-state index contributed by atoms with van der Waals surface area (Å²) < 4.78 is 2.00. The number of hydrogen-bond donors (Lipinski definition) is 1. The van der Waals surface area contributed by atoms with E-state index < -0.39 is 5.60 Å². The molecule has 1 aliphatic rings. The van der Waals surface area contributed by atoms with Crippen molar-refractivity contribution in [1.29, 1.82) is 0 Å². The zero-order valence-electron chi connectivity index (χ0n) is 10.3. The van der Waals surface area contributed by atoms with E-state index in [2.05, 4.69) is 11.9 Å². The SMILES string of the molecule is CCC1CCC(O)(Cc2nccn2C)CC1. The highest BCUT2D eigenvalue weighted by atomic mass is 16.3. The standard InChI is InChI=1S/C13H22N2O/c1-3-11-4-6-13(16,7-5-11)10-12-14-8-9-15(12)2/h8-9,11,16H,3-7,10H2,1-2H3. The summed E-state index contributed by atoms with van der Waals surface area (Å²) in [6.45, 7) is 2.24. The highest BCUT2D eigenvalue weighted by Crippen LogP contribution is 2.35. The average molecular weight is 222 g/mol. The number of nitrogens with zero attached hydrogens (tertiary/aromatic N) is 2. The van der Waals surface area contributed by atoms with Crippen molar-refractivity contribution in [3.63, 3.8) is 0 Å². The van der Waals surface area contributed by atoms with Gasteiger partial charge in [-0.2, -0.15) is 0 Å². The molecule has 0 aromatic carbocycles. The lowest BCUT2D eigenvalue weighted by Crippen LogP contribution is -2.37. The minimum absolute atomic E-state index is 0.509. The second-order valence-electron chi connectivity index (χ2n) is 5.21. The van der Waals surface area contributed by atoms with Gasteiger partial charge in [-0.05, 0) is 31.6 Å². The van der Waals surface area contributed by atoms with Gasteiger partial charge >= 0.3 is 0 Å². The fourth-order valence-corrected chi connectivity index (χ4v) is 2.66. The topological polar surface area (TPSA) is 38.1 Å². The highest BCUT2D eigenvalue weighted by molar-refractivity contribution is 4.99. The van der Waals surface area contributed by atoms with Crippen LogP contribution in [0.25, 0.3) is 0 Å². The smallest absolute Gasteiger partial charge is 0.111 e. The van der Waals surface area contributed by atoms with Gasteiger partial charge in [-0.15, -0.1) is 0 Å². The molecule has 1 aromatic rings. The van der Waals surface area contributed by atoms with Crippen molar-refractivity contribution in [2.75, 3.05) is 0 Å². The number of aliphatic hydroxyl groups is 1. The van der Waals surface area contributed by atoms with Crippen molar-refractivity contribution < 1.29 is 5.11 Å². The van der Waals surface area contributed by atoms with Crippen molar-refractivity contribution >= 4 is 0 Å². The average Bonchev–Trinajstić information content (AvgIpc) is 2.65. The van der Waals surface area contributed by atoms with Crippen molar-refractivity contribution in [2.24, 2.45) is 13.0 Å². The van der Waals surface area contributed by atoms with Gasteiger partial charge in [-0.25, -0.2) is 4.98 Å². The molecule has 1 fully saturated rings. The Hall–Kier alpha value is -0.830. The van der Waals surface area contributed by atoms with Gasteiger partial charge in [0.05, 0.1) is 5.60 Å². The quantitative estimate of drug-likeness (QED) is 0.852. The van der Waals surface area contributed by atoms with E-state index in [1.54, 1.807) is 6.20 Å². The van der Waals surface area contributed by atoms with E-state index in [0.29, 0.717) is 6.42 Å². The lowest BCUT2D eigenvalue weighted by Gasteiger charge is -2.35. The molecule has 90 valence electrons. The van der Waals surface area contributed by atoms with E-state index >= 15 is 0 Å². The van der Waals surface area contributed by atoms with Crippen LogP contribution in [0.5, 0.6) is 0 Å². The zero-order chi connectivity index (χ0) is 11.6. The van der Waals surface area contributed by atoms with Crippen molar-refractivity contribution in [3.8, 4) is 0 Å². The second-order valence-corrected chi connectivity index (χ2v) is 5.21. The minimum atomic E-state index is -0.509. The number of rotatable bonds is 3. The van der Waals surface area contributed by atoms with E-state index in [-0.39, 0.29) is 0 Å². The number of aromatic nitrogens is 2. The Bertz CT molecular complexity index is 337. The van der Waals surface area contributed by atoms with Crippen LogP contribution in [0.15, 0.2) is 12.4 Å². The van der Waals surface area contributed by atoms with Crippen molar-refractivity contribution in [1.82, 2.24) is 9.55 Å². The molecular formula is C13H22N2O. The van der Waals surface area contributed by atoms with Gasteiger partial charge < -0.3 is 9.67 Å². The molecule has 0 unspecified atom stereocenters. The molecule has 1 saturated carbocycles. The van der Waals surface area contributed by atoms with Gasteiger partial charge in [0.15, 0.2) is 0 Å². The lowest BCUT2D eigenvalue weighted by atomic mass is 9.76. The van der Waals surface area contributed by atoms with Gasteiger partial charge in [0.1, 0.15) is 5.82 Å². The second kappa shape index (κ2) is 4.58. The van der Waals surface area contributed by atoms with Crippen LogP contribution in [-0.4, -0.2) is 20.3 Å². The maximum atomic E-state index is 10.5. The van der Waals surface area contributed by atoms with E-state index in [9.17, 15) is 5.11 Å². The third kappa shape index (κ3) is 2.46. The molecule has 16 heavy (non-hydrogen) atoms. The summed E-state index contributed by atoms with van der Waals surface area (Å²) in [6, 6.07) is 0. The van der Waals surface area contributed by atoms with Crippen LogP contribution in [0.2, 0.25) is 0 Å². The van der Waals surface area contributed by atoms with Crippen molar-refractivity contribution in [3.05, 3.63) is 18.2 Å². The number of aryl methyl sites for hydroxylation is 1. The molecular weight excluding hydrogens is 200 g/mol. The van der Waals surface area contributed by atoms with Gasteiger partial charge in [0.25, 0.3) is 0 Å². The molecule has 1 aromatic heterocycles. The molecule has 2 rings (SSSR count). The van der Waals surface area contributed by atoms with Crippen LogP contribution in [0.1, 0.15) is 44.9 Å². The highest BCUT2D eigenvalue weighted by Gasteiger charge is 2.33. The summed E-state index contributed by atoms with van der Waals surface area (Å²) in [7, 11) is 1.99. The van der Waals surface area contributed by atoms with E-state index in [1.165, 1.54) is 6.42 Å². The third-order valence-corrected chi connectivity index (χ3v) is 4.02. The first-order valence-corrected chi connectivity index (χ1v) is 6.31. The maximum absolute atomic E-state index is 10.5. The number of hydrogen-bond acceptors (Lipinski definition) is 2. The van der Waals surface area contributed by atoms with Crippen LogP contribution in [0.3, 0.4) is 0 Å². The molecule has 3 nitrogen and oxygen atoms in total. The number of imidazole rings is 1. The molecule has 0 bridgehead atoms. The predicted molar refractivity (Wildman–Crippen MR) is 64.1 cm³/mol. The fraction of sp³-hybridized carbons (Fsp3) is 0.769. The maximum Gasteiger partial charge on any atom is 0.111 e. The molecule has 0 aliphatic heterocycles.